The number of benzene rings is 1. The monoisotopic (exact) mass is 234 g/mol. The van der Waals surface area contributed by atoms with Crippen molar-refractivity contribution in [2.75, 3.05) is 7.11 Å². The number of methoxy groups -OCH3 is 1. The number of carbonyl (C=O) groups is 2. The molecule has 0 N–H and O–H groups in total. The quantitative estimate of drug-likeness (QED) is 0.561. The lowest BCUT2D eigenvalue weighted by molar-refractivity contribution is -0.121. The minimum Gasteiger partial charge on any atom is -0.497 e. The van der Waals surface area contributed by atoms with E-state index in [2.05, 4.69) is 0 Å². The maximum absolute atomic E-state index is 11.9. The van der Waals surface area contributed by atoms with Gasteiger partial charge in [0, 0.05) is 11.5 Å². The average Bonchev–Trinajstić information content (AvgIpc) is 2.37. The van der Waals surface area contributed by atoms with Crippen molar-refractivity contribution < 1.29 is 14.3 Å². The van der Waals surface area contributed by atoms with Crippen LogP contribution in [0.1, 0.15) is 37.0 Å². The molecule has 3 heteroatoms. The summed E-state index contributed by atoms with van der Waals surface area (Å²) in [5, 5.41) is 0. The molecule has 1 rings (SSSR count). The fraction of sp³-hybridized carbons (Fsp3) is 0.429. The molecule has 0 amide bonds. The number of carbonyl (C=O) groups excluding carboxylic acids is 2. The van der Waals surface area contributed by atoms with Crippen molar-refractivity contribution in [1.29, 1.82) is 0 Å². The van der Waals surface area contributed by atoms with Crippen molar-refractivity contribution >= 4 is 11.6 Å². The van der Waals surface area contributed by atoms with Gasteiger partial charge in [0.25, 0.3) is 0 Å². The summed E-state index contributed by atoms with van der Waals surface area (Å²) in [7, 11) is 1.55. The minimum absolute atomic E-state index is 0.000296. The summed E-state index contributed by atoms with van der Waals surface area (Å²) in [6.45, 7) is 3.79. The maximum atomic E-state index is 11.9. The van der Waals surface area contributed by atoms with Gasteiger partial charge < -0.3 is 4.74 Å². The van der Waals surface area contributed by atoms with Gasteiger partial charge >= 0.3 is 0 Å². The lowest BCUT2D eigenvalue weighted by Crippen LogP contribution is -2.15. The van der Waals surface area contributed by atoms with E-state index >= 15 is 0 Å². The molecule has 1 atom stereocenters. The fourth-order valence-electron chi connectivity index (χ4n) is 1.46. The van der Waals surface area contributed by atoms with Crippen LogP contribution in [0.15, 0.2) is 24.3 Å². The van der Waals surface area contributed by atoms with Gasteiger partial charge in [-0.15, -0.1) is 0 Å². The van der Waals surface area contributed by atoms with E-state index in [1.807, 2.05) is 13.8 Å². The normalized spacial score (nSPS) is 11.9. The Kier molecular flexibility index (Phi) is 4.88. The summed E-state index contributed by atoms with van der Waals surface area (Å²) in [4.78, 5) is 23.5. The van der Waals surface area contributed by atoms with Gasteiger partial charge in [-0.25, -0.2) is 0 Å². The lowest BCUT2D eigenvalue weighted by atomic mass is 9.97. The van der Waals surface area contributed by atoms with Gasteiger partial charge in [0.05, 0.1) is 13.5 Å². The molecule has 0 aliphatic carbocycles. The molecule has 1 aromatic carbocycles. The average molecular weight is 234 g/mol. The van der Waals surface area contributed by atoms with E-state index in [1.165, 1.54) is 0 Å². The first kappa shape index (κ1) is 13.4. The maximum Gasteiger partial charge on any atom is 0.170 e. The van der Waals surface area contributed by atoms with Crippen LogP contribution in [0.3, 0.4) is 0 Å². The number of hydrogen-bond donors (Lipinski definition) is 0. The van der Waals surface area contributed by atoms with Crippen molar-refractivity contribution in [2.24, 2.45) is 5.92 Å². The van der Waals surface area contributed by atoms with Crippen LogP contribution < -0.4 is 4.74 Å². The molecular formula is C14H18O3. The Labute approximate surface area is 102 Å². The van der Waals surface area contributed by atoms with E-state index in [4.69, 9.17) is 4.74 Å². The van der Waals surface area contributed by atoms with Crippen molar-refractivity contribution in [3.05, 3.63) is 29.8 Å². The van der Waals surface area contributed by atoms with E-state index < -0.39 is 0 Å². The zero-order valence-corrected chi connectivity index (χ0v) is 10.5. The van der Waals surface area contributed by atoms with Crippen molar-refractivity contribution in [2.45, 2.75) is 26.7 Å². The lowest BCUT2D eigenvalue weighted by Gasteiger charge is -2.07. The van der Waals surface area contributed by atoms with Gasteiger partial charge in [0.15, 0.2) is 5.78 Å². The van der Waals surface area contributed by atoms with Crippen LogP contribution >= 0.6 is 0 Å². The molecule has 17 heavy (non-hydrogen) atoms. The molecule has 3 nitrogen and oxygen atoms in total. The van der Waals surface area contributed by atoms with Crippen LogP contribution in [0.5, 0.6) is 5.75 Å². The third kappa shape index (κ3) is 3.70. The number of hydrogen-bond acceptors (Lipinski definition) is 3. The highest BCUT2D eigenvalue weighted by molar-refractivity contribution is 6.08. The van der Waals surface area contributed by atoms with Crippen LogP contribution in [0.25, 0.3) is 0 Å². The number of Topliss-reactive ketones (excluding diaryl/α,β-unsaturated/α-hetero) is 2. The standard InChI is InChI=1S/C14H18O3/c1-4-10(2)13(15)9-14(16)11-6-5-7-12(8-11)17-3/h5-8,10H,4,9H2,1-3H3. The van der Waals surface area contributed by atoms with E-state index in [0.29, 0.717) is 11.3 Å². The summed E-state index contributed by atoms with van der Waals surface area (Å²) in [6.07, 6.45) is 0.742. The second-order valence-electron chi connectivity index (χ2n) is 4.11. The van der Waals surface area contributed by atoms with E-state index in [-0.39, 0.29) is 23.9 Å². The van der Waals surface area contributed by atoms with E-state index in [0.717, 1.165) is 6.42 Å². The van der Waals surface area contributed by atoms with Crippen LogP contribution in [-0.2, 0) is 4.79 Å². The summed E-state index contributed by atoms with van der Waals surface area (Å²) < 4.78 is 5.04. The highest BCUT2D eigenvalue weighted by Crippen LogP contribution is 2.15. The topological polar surface area (TPSA) is 43.4 Å². The SMILES string of the molecule is CCC(C)C(=O)CC(=O)c1cccc(OC)c1. The first-order valence-electron chi connectivity index (χ1n) is 5.78. The number of ketones is 2. The van der Waals surface area contributed by atoms with Crippen LogP contribution in [-0.4, -0.2) is 18.7 Å². The van der Waals surface area contributed by atoms with Gasteiger partial charge in [-0.05, 0) is 18.6 Å². The summed E-state index contributed by atoms with van der Waals surface area (Å²) in [6, 6.07) is 6.88. The highest BCUT2D eigenvalue weighted by atomic mass is 16.5. The Bertz CT molecular complexity index is 410. The van der Waals surface area contributed by atoms with Gasteiger partial charge in [-0.1, -0.05) is 26.0 Å². The molecule has 0 saturated carbocycles. The third-order valence-electron chi connectivity index (χ3n) is 2.89. The molecule has 0 saturated heterocycles. The molecule has 0 fully saturated rings. The summed E-state index contributed by atoms with van der Waals surface area (Å²) >= 11 is 0. The summed E-state index contributed by atoms with van der Waals surface area (Å²) in [5.74, 6) is 0.436. The van der Waals surface area contributed by atoms with Crippen LogP contribution in [0.4, 0.5) is 0 Å². The molecule has 0 heterocycles. The predicted octanol–water partition coefficient (Wildman–Crippen LogP) is 2.88. The molecular weight excluding hydrogens is 216 g/mol. The molecule has 0 bridgehead atoms. The highest BCUT2D eigenvalue weighted by Gasteiger charge is 2.16. The largest absolute Gasteiger partial charge is 0.497 e. The first-order valence-corrected chi connectivity index (χ1v) is 5.78. The summed E-state index contributed by atoms with van der Waals surface area (Å²) in [5.41, 5.74) is 0.529. The van der Waals surface area contributed by atoms with Crippen molar-refractivity contribution in [1.82, 2.24) is 0 Å². The Hall–Kier alpha value is -1.64. The zero-order valence-electron chi connectivity index (χ0n) is 10.5. The first-order chi connectivity index (χ1) is 8.08. The van der Waals surface area contributed by atoms with Crippen LogP contribution in [0.2, 0.25) is 0 Å². The van der Waals surface area contributed by atoms with Crippen molar-refractivity contribution in [3.8, 4) is 5.75 Å². The Morgan fingerprint density at radius 1 is 1.35 bits per heavy atom. The van der Waals surface area contributed by atoms with Gasteiger partial charge in [0.1, 0.15) is 11.5 Å². The Balaban J connectivity index is 2.73. The van der Waals surface area contributed by atoms with E-state index in [1.54, 1.807) is 31.4 Å². The molecule has 0 aliphatic heterocycles. The predicted molar refractivity (Wildman–Crippen MR) is 66.4 cm³/mol. The Morgan fingerprint density at radius 2 is 2.06 bits per heavy atom. The second-order valence-corrected chi connectivity index (χ2v) is 4.11. The molecule has 1 unspecified atom stereocenters. The Morgan fingerprint density at radius 3 is 2.65 bits per heavy atom. The molecule has 1 aromatic rings. The molecule has 0 radical (unpaired) electrons. The minimum atomic E-state index is -0.144. The smallest absolute Gasteiger partial charge is 0.170 e. The van der Waals surface area contributed by atoms with E-state index in [9.17, 15) is 9.59 Å². The van der Waals surface area contributed by atoms with Crippen LogP contribution in [0, 0.1) is 5.92 Å². The number of ether oxygens (including phenoxy) is 1. The number of rotatable bonds is 6. The van der Waals surface area contributed by atoms with Gasteiger partial charge in [-0.2, -0.15) is 0 Å². The van der Waals surface area contributed by atoms with Gasteiger partial charge in [0.2, 0.25) is 0 Å². The third-order valence-corrected chi connectivity index (χ3v) is 2.89. The molecule has 92 valence electrons. The molecule has 0 aromatic heterocycles. The zero-order chi connectivity index (χ0) is 12.8. The second kappa shape index (κ2) is 6.18. The van der Waals surface area contributed by atoms with Gasteiger partial charge in [-0.3, -0.25) is 9.59 Å². The molecule has 0 spiro atoms. The fourth-order valence-corrected chi connectivity index (χ4v) is 1.46. The molecule has 0 aliphatic rings. The van der Waals surface area contributed by atoms with Crippen molar-refractivity contribution in [3.63, 3.8) is 0 Å².